The van der Waals surface area contributed by atoms with E-state index < -0.39 is 44.2 Å². The smallest absolute Gasteiger partial charge is 0.229 e. The largest absolute Gasteiger partial charge is 0.463 e. The zero-order chi connectivity index (χ0) is 19.4. The molecule has 5 atom stereocenters. The second-order valence-corrected chi connectivity index (χ2v) is 7.10. The van der Waals surface area contributed by atoms with Gasteiger partial charge in [0.1, 0.15) is 35.9 Å². The lowest BCUT2D eigenvalue weighted by atomic mass is 9.99. The first-order valence-electron chi connectivity index (χ1n) is 8.34. The molecule has 0 radical (unpaired) electrons. The topological polar surface area (TPSA) is 109 Å². The van der Waals surface area contributed by atoms with Crippen molar-refractivity contribution >= 4 is 11.3 Å². The molecule has 3 rings (SSSR count). The Bertz CT molecular complexity index is 721. The number of hydrogen-bond donors (Lipinski definition) is 4. The van der Waals surface area contributed by atoms with Gasteiger partial charge in [0.05, 0.1) is 11.5 Å². The highest BCUT2D eigenvalue weighted by atomic mass is 32.1. The van der Waals surface area contributed by atoms with Crippen molar-refractivity contribution in [1.29, 1.82) is 0 Å². The van der Waals surface area contributed by atoms with E-state index in [2.05, 4.69) is 0 Å². The number of benzene rings is 1. The molecule has 0 aliphatic carbocycles. The zero-order valence-electron chi connectivity index (χ0n) is 14.3. The van der Waals surface area contributed by atoms with Crippen LogP contribution in [-0.2, 0) is 11.2 Å². The van der Waals surface area contributed by atoms with Crippen molar-refractivity contribution in [3.63, 3.8) is 0 Å². The maximum atomic E-state index is 12.2. The number of ether oxygens (including phenoxy) is 3. The molecule has 2 heterocycles. The molecular formula is C18H21FO7S. The van der Waals surface area contributed by atoms with E-state index >= 15 is 0 Å². The number of aliphatic hydroxyl groups excluding tert-OH is 4. The molecule has 1 aliphatic heterocycles. The van der Waals surface area contributed by atoms with Crippen molar-refractivity contribution in [3.8, 4) is 11.5 Å². The van der Waals surface area contributed by atoms with Gasteiger partial charge in [-0.2, -0.15) is 0 Å². The maximum absolute atomic E-state index is 12.2. The fraction of sp³-hybridized carbons (Fsp3) is 0.444. The number of halogens is 1. The van der Waals surface area contributed by atoms with Crippen LogP contribution in [0.15, 0.2) is 35.7 Å². The van der Waals surface area contributed by atoms with Crippen molar-refractivity contribution in [1.82, 2.24) is 0 Å². The van der Waals surface area contributed by atoms with Crippen LogP contribution in [0.4, 0.5) is 4.39 Å². The van der Waals surface area contributed by atoms with Gasteiger partial charge in [0.25, 0.3) is 0 Å². The molecule has 0 saturated carbocycles. The predicted octanol–water partition coefficient (Wildman–Crippen LogP) is 0.823. The van der Waals surface area contributed by atoms with Gasteiger partial charge in [0, 0.05) is 6.42 Å². The van der Waals surface area contributed by atoms with Crippen LogP contribution in [0.3, 0.4) is 0 Å². The Kier molecular flexibility index (Phi) is 6.64. The Labute approximate surface area is 159 Å². The van der Waals surface area contributed by atoms with Gasteiger partial charge < -0.3 is 34.6 Å². The first kappa shape index (κ1) is 20.0. The minimum absolute atomic E-state index is 0.435. The van der Waals surface area contributed by atoms with Gasteiger partial charge in [0.2, 0.25) is 13.2 Å². The average Bonchev–Trinajstić information content (AvgIpc) is 3.10. The summed E-state index contributed by atoms with van der Waals surface area (Å²) in [7, 11) is 0. The molecular weight excluding hydrogens is 379 g/mol. The summed E-state index contributed by atoms with van der Waals surface area (Å²) in [5.41, 5.74) is 0.947. The van der Waals surface area contributed by atoms with Crippen molar-refractivity contribution < 1.29 is 39.0 Å². The summed E-state index contributed by atoms with van der Waals surface area (Å²) in [6.45, 7) is -1.41. The summed E-state index contributed by atoms with van der Waals surface area (Å²) in [4.78, 5) is 0.853. The number of alkyl halides is 1. The lowest BCUT2D eigenvalue weighted by Crippen LogP contribution is -2.60. The van der Waals surface area contributed by atoms with Crippen LogP contribution < -0.4 is 9.47 Å². The normalized spacial score (nSPS) is 28.1. The third-order valence-electron chi connectivity index (χ3n) is 4.31. The van der Waals surface area contributed by atoms with Gasteiger partial charge in [-0.25, -0.2) is 4.39 Å². The molecule has 1 aliphatic rings. The molecule has 1 aromatic heterocycles. The molecule has 1 aromatic carbocycles. The highest BCUT2D eigenvalue weighted by Crippen LogP contribution is 2.31. The van der Waals surface area contributed by atoms with Crippen molar-refractivity contribution in [2.45, 2.75) is 37.1 Å². The van der Waals surface area contributed by atoms with E-state index in [1.807, 2.05) is 17.5 Å². The fourth-order valence-corrected chi connectivity index (χ4v) is 3.64. The monoisotopic (exact) mass is 400 g/mol. The fourth-order valence-electron chi connectivity index (χ4n) is 2.80. The van der Waals surface area contributed by atoms with E-state index in [4.69, 9.17) is 14.2 Å². The molecule has 0 amide bonds. The van der Waals surface area contributed by atoms with Crippen LogP contribution in [0, 0.1) is 0 Å². The van der Waals surface area contributed by atoms with Crippen LogP contribution in [0.2, 0.25) is 0 Å². The van der Waals surface area contributed by atoms with Gasteiger partial charge in [0.15, 0.2) is 0 Å². The quantitative estimate of drug-likeness (QED) is 0.545. The van der Waals surface area contributed by atoms with Crippen LogP contribution in [0.1, 0.15) is 10.4 Å². The second kappa shape index (κ2) is 8.96. The predicted molar refractivity (Wildman–Crippen MR) is 94.6 cm³/mol. The molecule has 7 nitrogen and oxygen atoms in total. The molecule has 2 aromatic rings. The number of hydrogen-bond acceptors (Lipinski definition) is 8. The molecule has 1 fully saturated rings. The standard InChI is InChI=1S/C18H21FO7S/c19-9-24-11-3-1-10(2-4-11)7-14-12(5-6-27-14)25-18-17(23)16(22)15(21)13(8-20)26-18/h1-6,13,15-18,20-23H,7-9H2. The molecule has 5 unspecified atom stereocenters. The molecule has 0 bridgehead atoms. The lowest BCUT2D eigenvalue weighted by Gasteiger charge is -2.39. The number of rotatable bonds is 7. The minimum Gasteiger partial charge on any atom is -0.463 e. The Morgan fingerprint density at radius 2 is 1.78 bits per heavy atom. The highest BCUT2D eigenvalue weighted by molar-refractivity contribution is 7.10. The lowest BCUT2D eigenvalue weighted by molar-refractivity contribution is -0.277. The number of aliphatic hydroxyl groups is 4. The maximum Gasteiger partial charge on any atom is 0.229 e. The van der Waals surface area contributed by atoms with Gasteiger partial charge in [-0.1, -0.05) is 12.1 Å². The second-order valence-electron chi connectivity index (χ2n) is 6.10. The van der Waals surface area contributed by atoms with Crippen molar-refractivity contribution in [2.24, 2.45) is 0 Å². The van der Waals surface area contributed by atoms with Crippen molar-refractivity contribution in [2.75, 3.05) is 13.5 Å². The van der Waals surface area contributed by atoms with Gasteiger partial charge in [-0.15, -0.1) is 11.3 Å². The summed E-state index contributed by atoms with van der Waals surface area (Å²) in [6, 6.07) is 8.66. The van der Waals surface area contributed by atoms with Crippen LogP contribution in [-0.4, -0.2) is 64.6 Å². The van der Waals surface area contributed by atoms with Crippen molar-refractivity contribution in [3.05, 3.63) is 46.2 Å². The molecule has 0 spiro atoms. The Hall–Kier alpha value is -1.75. The molecule has 148 valence electrons. The average molecular weight is 400 g/mol. The summed E-state index contributed by atoms with van der Waals surface area (Å²) in [6.07, 6.45) is -6.12. The van der Waals surface area contributed by atoms with Crippen LogP contribution in [0.5, 0.6) is 11.5 Å². The Balaban J connectivity index is 1.69. The minimum atomic E-state index is -1.49. The third kappa shape index (κ3) is 4.57. The van der Waals surface area contributed by atoms with E-state index in [1.54, 1.807) is 18.2 Å². The highest BCUT2D eigenvalue weighted by Gasteiger charge is 2.44. The summed E-state index contributed by atoms with van der Waals surface area (Å²) < 4.78 is 28.0. The summed E-state index contributed by atoms with van der Waals surface area (Å²) in [5, 5.41) is 40.9. The van der Waals surface area contributed by atoms with Gasteiger partial charge >= 0.3 is 0 Å². The molecule has 4 N–H and O–H groups in total. The zero-order valence-corrected chi connectivity index (χ0v) is 15.1. The summed E-state index contributed by atoms with van der Waals surface area (Å²) in [5.74, 6) is 0.902. The Morgan fingerprint density at radius 1 is 1.04 bits per heavy atom. The van der Waals surface area contributed by atoms with Crippen LogP contribution >= 0.6 is 11.3 Å². The van der Waals surface area contributed by atoms with Gasteiger partial charge in [-0.3, -0.25) is 0 Å². The molecule has 9 heteroatoms. The van der Waals surface area contributed by atoms with Gasteiger partial charge in [-0.05, 0) is 29.1 Å². The number of thiophene rings is 1. The van der Waals surface area contributed by atoms with E-state index in [9.17, 15) is 24.8 Å². The first-order valence-corrected chi connectivity index (χ1v) is 9.22. The van der Waals surface area contributed by atoms with E-state index in [-0.39, 0.29) is 0 Å². The third-order valence-corrected chi connectivity index (χ3v) is 5.21. The SMILES string of the molecule is OCC1OC(Oc2ccsc2Cc2ccc(OCF)cc2)C(O)C(O)C1O. The molecule has 1 saturated heterocycles. The first-order chi connectivity index (χ1) is 13.0. The molecule has 27 heavy (non-hydrogen) atoms. The van der Waals surface area contributed by atoms with E-state index in [0.717, 1.165) is 10.4 Å². The Morgan fingerprint density at radius 3 is 2.44 bits per heavy atom. The van der Waals surface area contributed by atoms with E-state index in [0.29, 0.717) is 17.9 Å². The van der Waals surface area contributed by atoms with Crippen LogP contribution in [0.25, 0.3) is 0 Å². The van der Waals surface area contributed by atoms with E-state index in [1.165, 1.54) is 11.3 Å². The summed E-state index contributed by atoms with van der Waals surface area (Å²) >= 11 is 1.44.